The van der Waals surface area contributed by atoms with Crippen LogP contribution in [0.2, 0.25) is 0 Å². The Bertz CT molecular complexity index is 932. The molecule has 3 rings (SSSR count). The molecule has 3 N–H and O–H groups in total. The Morgan fingerprint density at radius 1 is 1.43 bits per heavy atom. The molecule has 3 aromatic rings. The van der Waals surface area contributed by atoms with Crippen LogP contribution in [0.5, 0.6) is 0 Å². The number of nitrogen functional groups attached to an aromatic ring is 1. The molecule has 0 aliphatic carbocycles. The van der Waals surface area contributed by atoms with Gasteiger partial charge in [-0.1, -0.05) is 6.07 Å². The molecule has 21 heavy (non-hydrogen) atoms. The number of carboxylic acid groups (broad SMARTS) is 1. The number of anilines is 1. The highest BCUT2D eigenvalue weighted by Crippen LogP contribution is 2.27. The fourth-order valence-corrected chi connectivity index (χ4v) is 3.33. The number of nitrogens with two attached hydrogens (primary N) is 1. The normalized spacial score (nSPS) is 10.9. The second kappa shape index (κ2) is 5.11. The highest BCUT2D eigenvalue weighted by atomic mass is 127. The number of carbonyl (C=O) groups is 1. The molecule has 0 aliphatic rings. The number of aromatic nitrogens is 2. The van der Waals surface area contributed by atoms with E-state index in [0.29, 0.717) is 10.7 Å². The smallest absolute Gasteiger partial charge is 0.357 e. The van der Waals surface area contributed by atoms with Crippen molar-refractivity contribution in [2.24, 2.45) is 0 Å². The van der Waals surface area contributed by atoms with Crippen molar-refractivity contribution in [2.45, 2.75) is 0 Å². The predicted molar refractivity (Wildman–Crippen MR) is 89.3 cm³/mol. The number of halogens is 1. The highest BCUT2D eigenvalue weighted by Gasteiger charge is 2.19. The molecule has 1 aromatic carbocycles. The van der Waals surface area contributed by atoms with Gasteiger partial charge < -0.3 is 10.8 Å². The Labute approximate surface area is 136 Å². The van der Waals surface area contributed by atoms with Crippen LogP contribution >= 0.6 is 33.9 Å². The van der Waals surface area contributed by atoms with Crippen LogP contribution in [-0.2, 0) is 0 Å². The standard InChI is InChI=1S/C13H8IN3O3S/c14-6-2-1-3-7(4-6)17-12(18)9-8(5-21-11(9)15)10(16-17)13(19)20/h1-5H,15H2,(H,19,20). The number of aromatic carboxylic acids is 1. The lowest BCUT2D eigenvalue weighted by Crippen LogP contribution is -2.24. The van der Waals surface area contributed by atoms with E-state index in [9.17, 15) is 14.7 Å². The Morgan fingerprint density at radius 3 is 2.86 bits per heavy atom. The van der Waals surface area contributed by atoms with Crippen molar-refractivity contribution in [3.8, 4) is 5.69 Å². The minimum atomic E-state index is -1.20. The quantitative estimate of drug-likeness (QED) is 0.629. The molecule has 2 aromatic heterocycles. The van der Waals surface area contributed by atoms with Crippen LogP contribution in [0.1, 0.15) is 10.5 Å². The summed E-state index contributed by atoms with van der Waals surface area (Å²) >= 11 is 3.24. The highest BCUT2D eigenvalue weighted by molar-refractivity contribution is 14.1. The van der Waals surface area contributed by atoms with Crippen molar-refractivity contribution in [1.29, 1.82) is 0 Å². The molecule has 0 saturated carbocycles. The van der Waals surface area contributed by atoms with Crippen LogP contribution in [0.3, 0.4) is 0 Å². The molecule has 0 aliphatic heterocycles. The SMILES string of the molecule is Nc1scc2c(C(=O)O)nn(-c3cccc(I)c3)c(=O)c12. The molecule has 0 amide bonds. The second-order valence-corrected chi connectivity index (χ2v) is 6.40. The van der Waals surface area contributed by atoms with E-state index in [1.54, 1.807) is 23.6 Å². The molecule has 0 radical (unpaired) electrons. The third kappa shape index (κ3) is 2.29. The summed E-state index contributed by atoms with van der Waals surface area (Å²) in [4.78, 5) is 23.9. The fraction of sp³-hybridized carbons (Fsp3) is 0. The number of rotatable bonds is 2. The van der Waals surface area contributed by atoms with Crippen LogP contribution in [0, 0.1) is 3.57 Å². The maximum absolute atomic E-state index is 12.5. The molecule has 0 atom stereocenters. The van der Waals surface area contributed by atoms with Crippen LogP contribution in [-0.4, -0.2) is 20.9 Å². The van der Waals surface area contributed by atoms with Gasteiger partial charge in [0.1, 0.15) is 0 Å². The Morgan fingerprint density at radius 2 is 2.19 bits per heavy atom. The van der Waals surface area contributed by atoms with Gasteiger partial charge in [-0.15, -0.1) is 11.3 Å². The molecule has 6 nitrogen and oxygen atoms in total. The number of hydrogen-bond acceptors (Lipinski definition) is 5. The summed E-state index contributed by atoms with van der Waals surface area (Å²) in [5, 5.41) is 15.6. The number of nitrogens with zero attached hydrogens (tertiary/aromatic N) is 2. The molecular weight excluding hydrogens is 405 g/mol. The van der Waals surface area contributed by atoms with Crippen molar-refractivity contribution < 1.29 is 9.90 Å². The van der Waals surface area contributed by atoms with Gasteiger partial charge in [0.05, 0.1) is 16.1 Å². The predicted octanol–water partition coefficient (Wildman–Crippen LogP) is 2.33. The van der Waals surface area contributed by atoms with Gasteiger partial charge in [-0.2, -0.15) is 9.78 Å². The van der Waals surface area contributed by atoms with E-state index in [1.165, 1.54) is 0 Å². The molecule has 0 unspecified atom stereocenters. The minimum absolute atomic E-state index is 0.184. The van der Waals surface area contributed by atoms with E-state index in [1.807, 2.05) is 6.07 Å². The largest absolute Gasteiger partial charge is 0.476 e. The van der Waals surface area contributed by atoms with Gasteiger partial charge >= 0.3 is 5.97 Å². The van der Waals surface area contributed by atoms with Gasteiger partial charge in [0, 0.05) is 14.3 Å². The molecule has 2 heterocycles. The lowest BCUT2D eigenvalue weighted by Gasteiger charge is -2.07. The molecular formula is C13H8IN3O3S. The molecule has 0 spiro atoms. The van der Waals surface area contributed by atoms with Crippen molar-refractivity contribution >= 4 is 55.7 Å². The van der Waals surface area contributed by atoms with Gasteiger partial charge in [-0.05, 0) is 40.8 Å². The summed E-state index contributed by atoms with van der Waals surface area (Å²) in [6, 6.07) is 7.07. The van der Waals surface area contributed by atoms with Crippen LogP contribution in [0.25, 0.3) is 16.5 Å². The topological polar surface area (TPSA) is 98.2 Å². The zero-order valence-electron chi connectivity index (χ0n) is 10.4. The first-order chi connectivity index (χ1) is 9.99. The monoisotopic (exact) mass is 413 g/mol. The number of benzene rings is 1. The molecule has 0 bridgehead atoms. The molecule has 0 fully saturated rings. The van der Waals surface area contributed by atoms with E-state index < -0.39 is 11.5 Å². The lowest BCUT2D eigenvalue weighted by atomic mass is 10.2. The second-order valence-electron chi connectivity index (χ2n) is 4.24. The van der Waals surface area contributed by atoms with Crippen molar-refractivity contribution in [3.05, 3.63) is 49.3 Å². The lowest BCUT2D eigenvalue weighted by molar-refractivity contribution is 0.0691. The summed E-state index contributed by atoms with van der Waals surface area (Å²) in [5.74, 6) is -1.20. The third-order valence-electron chi connectivity index (χ3n) is 2.94. The Kier molecular flexibility index (Phi) is 3.41. The zero-order chi connectivity index (χ0) is 15.1. The summed E-state index contributed by atoms with van der Waals surface area (Å²) in [6.07, 6.45) is 0. The number of fused-ring (bicyclic) bond motifs is 1. The molecule has 8 heteroatoms. The summed E-state index contributed by atoms with van der Waals surface area (Å²) in [5.41, 5.74) is 5.70. The van der Waals surface area contributed by atoms with Crippen molar-refractivity contribution in [1.82, 2.24) is 9.78 Å². The fourth-order valence-electron chi connectivity index (χ4n) is 2.01. The number of thiophene rings is 1. The van der Waals surface area contributed by atoms with Gasteiger partial charge in [0.15, 0.2) is 5.69 Å². The average Bonchev–Trinajstić information content (AvgIpc) is 2.81. The van der Waals surface area contributed by atoms with E-state index >= 15 is 0 Å². The van der Waals surface area contributed by atoms with Gasteiger partial charge in [-0.25, -0.2) is 4.79 Å². The van der Waals surface area contributed by atoms with Crippen LogP contribution in [0.15, 0.2) is 34.4 Å². The van der Waals surface area contributed by atoms with E-state index in [0.717, 1.165) is 19.6 Å². The zero-order valence-corrected chi connectivity index (χ0v) is 13.4. The van der Waals surface area contributed by atoms with Gasteiger partial charge in [0.25, 0.3) is 5.56 Å². The minimum Gasteiger partial charge on any atom is -0.476 e. The average molecular weight is 413 g/mol. The first kappa shape index (κ1) is 14.0. The maximum atomic E-state index is 12.5. The third-order valence-corrected chi connectivity index (χ3v) is 4.42. The first-order valence-corrected chi connectivity index (χ1v) is 7.74. The summed E-state index contributed by atoms with van der Waals surface area (Å²) in [6.45, 7) is 0. The van der Waals surface area contributed by atoms with E-state index in [4.69, 9.17) is 5.73 Å². The Hall–Kier alpha value is -1.94. The number of carboxylic acids is 1. The summed E-state index contributed by atoms with van der Waals surface area (Å²) in [7, 11) is 0. The molecule has 106 valence electrons. The number of hydrogen-bond donors (Lipinski definition) is 2. The first-order valence-electron chi connectivity index (χ1n) is 5.78. The van der Waals surface area contributed by atoms with E-state index in [2.05, 4.69) is 27.7 Å². The Balaban J connectivity index is 2.44. The van der Waals surface area contributed by atoms with Gasteiger partial charge in [-0.3, -0.25) is 4.79 Å². The van der Waals surface area contributed by atoms with Crippen LogP contribution < -0.4 is 11.3 Å². The molecule has 0 saturated heterocycles. The summed E-state index contributed by atoms with van der Waals surface area (Å²) < 4.78 is 1.99. The van der Waals surface area contributed by atoms with Gasteiger partial charge in [0.2, 0.25) is 0 Å². The van der Waals surface area contributed by atoms with E-state index in [-0.39, 0.29) is 16.5 Å². The van der Waals surface area contributed by atoms with Crippen molar-refractivity contribution in [3.63, 3.8) is 0 Å². The maximum Gasteiger partial charge on any atom is 0.357 e. The van der Waals surface area contributed by atoms with Crippen molar-refractivity contribution in [2.75, 3.05) is 5.73 Å². The van der Waals surface area contributed by atoms with Crippen LogP contribution in [0.4, 0.5) is 5.00 Å².